The lowest BCUT2D eigenvalue weighted by molar-refractivity contribution is -0.131. The first-order chi connectivity index (χ1) is 5.75. The van der Waals surface area contributed by atoms with Gasteiger partial charge in [-0.2, -0.15) is 5.26 Å². The standard InChI is InChI=1S/C8H13N3O/c9-4-5-11-7(12)8(6-10)2-1-3-8/h1-5,9H2,(H,11,12). The monoisotopic (exact) mass is 167 g/mol. The summed E-state index contributed by atoms with van der Waals surface area (Å²) >= 11 is 0. The van der Waals surface area contributed by atoms with E-state index in [2.05, 4.69) is 11.4 Å². The maximum absolute atomic E-state index is 11.3. The highest BCUT2D eigenvalue weighted by atomic mass is 16.2. The molecular weight excluding hydrogens is 154 g/mol. The van der Waals surface area contributed by atoms with Crippen LogP contribution in [0.4, 0.5) is 0 Å². The lowest BCUT2D eigenvalue weighted by Gasteiger charge is -2.33. The summed E-state index contributed by atoms with van der Waals surface area (Å²) in [6.45, 7) is 0.884. The number of hydrogen-bond acceptors (Lipinski definition) is 3. The van der Waals surface area contributed by atoms with Crippen LogP contribution < -0.4 is 11.1 Å². The van der Waals surface area contributed by atoms with Crippen LogP contribution in [0.2, 0.25) is 0 Å². The molecule has 0 aromatic carbocycles. The van der Waals surface area contributed by atoms with Gasteiger partial charge in [0.25, 0.3) is 0 Å². The minimum Gasteiger partial charge on any atom is -0.353 e. The molecule has 1 amide bonds. The number of carbonyl (C=O) groups excluding carboxylic acids is 1. The third kappa shape index (κ3) is 1.41. The van der Waals surface area contributed by atoms with Crippen LogP contribution in [-0.4, -0.2) is 19.0 Å². The van der Waals surface area contributed by atoms with Gasteiger partial charge in [0.2, 0.25) is 5.91 Å². The molecule has 1 fully saturated rings. The summed E-state index contributed by atoms with van der Waals surface area (Å²) in [5, 5.41) is 11.4. The molecule has 3 N–H and O–H groups in total. The Hall–Kier alpha value is -1.08. The largest absolute Gasteiger partial charge is 0.353 e. The van der Waals surface area contributed by atoms with E-state index in [1.807, 2.05) is 0 Å². The van der Waals surface area contributed by atoms with Gasteiger partial charge in [-0.15, -0.1) is 0 Å². The zero-order valence-electron chi connectivity index (χ0n) is 6.97. The van der Waals surface area contributed by atoms with Gasteiger partial charge in [0.05, 0.1) is 6.07 Å². The molecule has 66 valence electrons. The molecule has 0 heterocycles. The molecule has 0 saturated heterocycles. The van der Waals surface area contributed by atoms with Crippen molar-refractivity contribution < 1.29 is 4.79 Å². The van der Waals surface area contributed by atoms with Crippen molar-refractivity contribution in [2.45, 2.75) is 19.3 Å². The average Bonchev–Trinajstić information content (AvgIpc) is 2.00. The Morgan fingerprint density at radius 1 is 1.67 bits per heavy atom. The van der Waals surface area contributed by atoms with E-state index in [4.69, 9.17) is 11.0 Å². The summed E-state index contributed by atoms with van der Waals surface area (Å²) < 4.78 is 0. The number of nitrogens with zero attached hydrogens (tertiary/aromatic N) is 1. The van der Waals surface area contributed by atoms with Crippen molar-refractivity contribution in [3.05, 3.63) is 0 Å². The number of nitrogens with one attached hydrogen (secondary N) is 1. The van der Waals surface area contributed by atoms with E-state index < -0.39 is 5.41 Å². The van der Waals surface area contributed by atoms with E-state index in [0.717, 1.165) is 6.42 Å². The van der Waals surface area contributed by atoms with Crippen molar-refractivity contribution in [1.82, 2.24) is 5.32 Å². The van der Waals surface area contributed by atoms with Crippen molar-refractivity contribution in [1.29, 1.82) is 5.26 Å². The van der Waals surface area contributed by atoms with Gasteiger partial charge < -0.3 is 11.1 Å². The molecule has 0 bridgehead atoms. The Labute approximate surface area is 71.7 Å². The minimum absolute atomic E-state index is 0.151. The quantitative estimate of drug-likeness (QED) is 0.608. The Bertz CT molecular complexity index is 215. The molecule has 1 rings (SSSR count). The Kier molecular flexibility index (Phi) is 2.66. The van der Waals surface area contributed by atoms with Crippen molar-refractivity contribution in [2.24, 2.45) is 11.1 Å². The maximum atomic E-state index is 11.3. The summed E-state index contributed by atoms with van der Waals surface area (Å²) in [5.41, 5.74) is 4.50. The van der Waals surface area contributed by atoms with Crippen LogP contribution in [-0.2, 0) is 4.79 Å². The maximum Gasteiger partial charge on any atom is 0.240 e. The van der Waals surface area contributed by atoms with Crippen LogP contribution in [0, 0.1) is 16.7 Å². The fraction of sp³-hybridized carbons (Fsp3) is 0.750. The van der Waals surface area contributed by atoms with E-state index in [1.165, 1.54) is 0 Å². The lowest BCUT2D eigenvalue weighted by Crippen LogP contribution is -2.45. The van der Waals surface area contributed by atoms with E-state index in [0.29, 0.717) is 25.9 Å². The van der Waals surface area contributed by atoms with E-state index in [-0.39, 0.29) is 5.91 Å². The fourth-order valence-corrected chi connectivity index (χ4v) is 1.27. The second-order valence-corrected chi connectivity index (χ2v) is 3.09. The molecule has 0 spiro atoms. The van der Waals surface area contributed by atoms with Crippen LogP contribution in [0.15, 0.2) is 0 Å². The van der Waals surface area contributed by atoms with Gasteiger partial charge in [-0.3, -0.25) is 4.79 Å². The Balaban J connectivity index is 2.45. The molecule has 0 unspecified atom stereocenters. The number of nitriles is 1. The van der Waals surface area contributed by atoms with Gasteiger partial charge in [0.15, 0.2) is 0 Å². The topological polar surface area (TPSA) is 78.9 Å². The minimum atomic E-state index is -0.727. The summed E-state index contributed by atoms with van der Waals surface area (Å²) in [6, 6.07) is 2.07. The SMILES string of the molecule is N#CC1(C(=O)NCCN)CCC1. The van der Waals surface area contributed by atoms with Crippen LogP contribution >= 0.6 is 0 Å². The summed E-state index contributed by atoms with van der Waals surface area (Å²) in [4.78, 5) is 11.3. The Morgan fingerprint density at radius 3 is 2.67 bits per heavy atom. The van der Waals surface area contributed by atoms with Gasteiger partial charge in [-0.25, -0.2) is 0 Å². The van der Waals surface area contributed by atoms with E-state index in [1.54, 1.807) is 0 Å². The van der Waals surface area contributed by atoms with Crippen LogP contribution in [0.5, 0.6) is 0 Å². The second-order valence-electron chi connectivity index (χ2n) is 3.09. The molecule has 0 aromatic heterocycles. The lowest BCUT2D eigenvalue weighted by atomic mass is 9.69. The first-order valence-corrected chi connectivity index (χ1v) is 4.15. The molecular formula is C8H13N3O. The van der Waals surface area contributed by atoms with Gasteiger partial charge in [-0.1, -0.05) is 0 Å². The molecule has 4 heteroatoms. The van der Waals surface area contributed by atoms with Gasteiger partial charge >= 0.3 is 0 Å². The van der Waals surface area contributed by atoms with Gasteiger partial charge in [0.1, 0.15) is 5.41 Å². The Morgan fingerprint density at radius 2 is 2.33 bits per heavy atom. The predicted molar refractivity (Wildman–Crippen MR) is 44.0 cm³/mol. The first-order valence-electron chi connectivity index (χ1n) is 4.15. The number of rotatable bonds is 3. The zero-order chi connectivity index (χ0) is 9.03. The number of carbonyl (C=O) groups is 1. The summed E-state index contributed by atoms with van der Waals surface area (Å²) in [5.74, 6) is -0.151. The summed E-state index contributed by atoms with van der Waals surface area (Å²) in [6.07, 6.45) is 2.36. The summed E-state index contributed by atoms with van der Waals surface area (Å²) in [7, 11) is 0. The molecule has 1 aliphatic carbocycles. The van der Waals surface area contributed by atoms with Crippen molar-refractivity contribution in [2.75, 3.05) is 13.1 Å². The zero-order valence-corrected chi connectivity index (χ0v) is 6.97. The highest BCUT2D eigenvalue weighted by Gasteiger charge is 2.44. The molecule has 0 aromatic rings. The molecule has 4 nitrogen and oxygen atoms in total. The highest BCUT2D eigenvalue weighted by molar-refractivity contribution is 5.86. The number of amides is 1. The first kappa shape index (κ1) is 9.01. The van der Waals surface area contributed by atoms with E-state index in [9.17, 15) is 4.79 Å². The van der Waals surface area contributed by atoms with Crippen LogP contribution in [0.3, 0.4) is 0 Å². The molecule has 12 heavy (non-hydrogen) atoms. The smallest absolute Gasteiger partial charge is 0.240 e. The van der Waals surface area contributed by atoms with Crippen molar-refractivity contribution >= 4 is 5.91 Å². The van der Waals surface area contributed by atoms with Crippen LogP contribution in [0.1, 0.15) is 19.3 Å². The molecule has 0 atom stereocenters. The average molecular weight is 167 g/mol. The highest BCUT2D eigenvalue weighted by Crippen LogP contribution is 2.40. The van der Waals surface area contributed by atoms with Crippen molar-refractivity contribution in [3.8, 4) is 6.07 Å². The molecule has 1 aliphatic rings. The van der Waals surface area contributed by atoms with Crippen LogP contribution in [0.25, 0.3) is 0 Å². The third-order valence-electron chi connectivity index (χ3n) is 2.29. The molecule has 0 radical (unpaired) electrons. The van der Waals surface area contributed by atoms with E-state index >= 15 is 0 Å². The third-order valence-corrected chi connectivity index (χ3v) is 2.29. The normalized spacial score (nSPS) is 19.0. The number of hydrogen-bond donors (Lipinski definition) is 2. The fourth-order valence-electron chi connectivity index (χ4n) is 1.27. The molecule has 0 aliphatic heterocycles. The van der Waals surface area contributed by atoms with Gasteiger partial charge in [0, 0.05) is 13.1 Å². The van der Waals surface area contributed by atoms with Crippen molar-refractivity contribution in [3.63, 3.8) is 0 Å². The molecule has 1 saturated carbocycles. The van der Waals surface area contributed by atoms with Gasteiger partial charge in [-0.05, 0) is 19.3 Å². The predicted octanol–water partition coefficient (Wildman–Crippen LogP) is -0.245. The number of nitrogens with two attached hydrogens (primary N) is 1. The second kappa shape index (κ2) is 3.55.